The second-order valence-corrected chi connectivity index (χ2v) is 8.97. The van der Waals surface area contributed by atoms with Crippen molar-refractivity contribution in [1.82, 2.24) is 14.5 Å². The van der Waals surface area contributed by atoms with E-state index in [0.29, 0.717) is 32.8 Å². The number of amides is 1. The highest BCUT2D eigenvalue weighted by Crippen LogP contribution is 2.29. The molecule has 6 nitrogen and oxygen atoms in total. The molecule has 0 fully saturated rings. The average Bonchev–Trinajstić information content (AvgIpc) is 2.91. The predicted molar refractivity (Wildman–Crippen MR) is 112 cm³/mol. The summed E-state index contributed by atoms with van der Waals surface area (Å²) in [5, 5.41) is 4.02. The third kappa shape index (κ3) is 4.02. The molecule has 9 heteroatoms. The minimum atomic E-state index is -0.452. The molecule has 0 aliphatic rings. The van der Waals surface area contributed by atoms with Gasteiger partial charge >= 0.3 is 0 Å². The highest BCUT2D eigenvalue weighted by Gasteiger charge is 2.21. The van der Waals surface area contributed by atoms with Gasteiger partial charge in [0.15, 0.2) is 5.16 Å². The Labute approximate surface area is 170 Å². The largest absolute Gasteiger partial charge is 0.310 e. The topological polar surface area (TPSA) is 76.9 Å². The first kappa shape index (κ1) is 19.9. The first-order valence-corrected chi connectivity index (χ1v) is 10.5. The molecule has 3 aromatic heterocycles. The SMILES string of the molecule is CCn1c(SC(C)C(=O)Nc2ccc(Cl)cn2)nc2sc(C)c(C)c2c1=O. The maximum Gasteiger partial charge on any atom is 0.263 e. The van der Waals surface area contributed by atoms with Crippen molar-refractivity contribution in [2.45, 2.75) is 44.6 Å². The zero-order valence-corrected chi connectivity index (χ0v) is 17.8. The van der Waals surface area contributed by atoms with Crippen LogP contribution in [0.25, 0.3) is 10.2 Å². The van der Waals surface area contributed by atoms with Gasteiger partial charge in [0.2, 0.25) is 5.91 Å². The smallest absolute Gasteiger partial charge is 0.263 e. The Hall–Kier alpha value is -1.90. The molecule has 1 amide bonds. The number of halogens is 1. The molecule has 142 valence electrons. The Kier molecular flexibility index (Phi) is 5.88. The lowest BCUT2D eigenvalue weighted by atomic mass is 10.2. The van der Waals surface area contributed by atoms with Gasteiger partial charge in [-0.15, -0.1) is 11.3 Å². The molecule has 0 aromatic carbocycles. The monoisotopic (exact) mass is 422 g/mol. The van der Waals surface area contributed by atoms with Gasteiger partial charge in [-0.1, -0.05) is 23.4 Å². The van der Waals surface area contributed by atoms with E-state index in [0.717, 1.165) is 10.4 Å². The number of anilines is 1. The number of thiophene rings is 1. The lowest BCUT2D eigenvalue weighted by Crippen LogP contribution is -2.26. The van der Waals surface area contributed by atoms with Gasteiger partial charge in [-0.05, 0) is 45.4 Å². The van der Waals surface area contributed by atoms with E-state index in [1.165, 1.54) is 29.3 Å². The van der Waals surface area contributed by atoms with Gasteiger partial charge < -0.3 is 5.32 Å². The van der Waals surface area contributed by atoms with Gasteiger partial charge in [-0.25, -0.2) is 9.97 Å². The van der Waals surface area contributed by atoms with Crippen molar-refractivity contribution in [3.63, 3.8) is 0 Å². The fourth-order valence-electron chi connectivity index (χ4n) is 2.57. The second kappa shape index (κ2) is 8.00. The second-order valence-electron chi connectivity index (χ2n) is 6.02. The molecule has 0 aliphatic heterocycles. The van der Waals surface area contributed by atoms with Crippen molar-refractivity contribution in [3.8, 4) is 0 Å². The van der Waals surface area contributed by atoms with Crippen molar-refractivity contribution >= 4 is 56.6 Å². The Balaban J connectivity index is 1.87. The maximum atomic E-state index is 12.9. The summed E-state index contributed by atoms with van der Waals surface area (Å²) in [7, 11) is 0. The fourth-order valence-corrected chi connectivity index (χ4v) is 4.72. The van der Waals surface area contributed by atoms with Gasteiger partial charge in [0.1, 0.15) is 10.6 Å². The summed E-state index contributed by atoms with van der Waals surface area (Å²) in [5.41, 5.74) is 0.921. The number of aromatic nitrogens is 3. The molecule has 1 N–H and O–H groups in total. The number of hydrogen-bond donors (Lipinski definition) is 1. The number of pyridine rings is 1. The zero-order valence-electron chi connectivity index (χ0n) is 15.4. The van der Waals surface area contributed by atoms with Crippen molar-refractivity contribution in [1.29, 1.82) is 0 Å². The summed E-state index contributed by atoms with van der Waals surface area (Å²) >= 11 is 8.57. The molecule has 0 bridgehead atoms. The van der Waals surface area contributed by atoms with Crippen LogP contribution in [0, 0.1) is 13.8 Å². The third-order valence-electron chi connectivity index (χ3n) is 4.20. The summed E-state index contributed by atoms with van der Waals surface area (Å²) in [6.45, 7) is 8.09. The quantitative estimate of drug-likeness (QED) is 0.491. The number of hydrogen-bond acceptors (Lipinski definition) is 6. The number of rotatable bonds is 5. The van der Waals surface area contributed by atoms with Gasteiger partial charge in [-0.2, -0.15) is 0 Å². The van der Waals surface area contributed by atoms with Crippen LogP contribution in [-0.4, -0.2) is 25.7 Å². The van der Waals surface area contributed by atoms with Crippen LogP contribution >= 0.6 is 34.7 Å². The number of nitrogens with zero attached hydrogens (tertiary/aromatic N) is 3. The number of carbonyl (C=O) groups excluding carboxylic acids is 1. The summed E-state index contributed by atoms with van der Waals surface area (Å²) in [6, 6.07) is 3.30. The summed E-state index contributed by atoms with van der Waals surface area (Å²) in [4.78, 5) is 35.9. The molecule has 0 saturated carbocycles. The average molecular weight is 423 g/mol. The minimum Gasteiger partial charge on any atom is -0.310 e. The lowest BCUT2D eigenvalue weighted by Gasteiger charge is -2.14. The van der Waals surface area contributed by atoms with Crippen molar-refractivity contribution in [2.24, 2.45) is 0 Å². The van der Waals surface area contributed by atoms with Crippen LogP contribution in [0.3, 0.4) is 0 Å². The van der Waals surface area contributed by atoms with Crippen molar-refractivity contribution < 1.29 is 4.79 Å². The molecule has 0 aliphatic carbocycles. The van der Waals surface area contributed by atoms with Crippen LogP contribution in [0.5, 0.6) is 0 Å². The van der Waals surface area contributed by atoms with Gasteiger partial charge in [0.05, 0.1) is 15.7 Å². The minimum absolute atomic E-state index is 0.0566. The maximum absolute atomic E-state index is 12.9. The van der Waals surface area contributed by atoms with E-state index in [-0.39, 0.29) is 11.5 Å². The Bertz CT molecular complexity index is 1060. The number of fused-ring (bicyclic) bond motifs is 1. The van der Waals surface area contributed by atoms with E-state index in [9.17, 15) is 9.59 Å². The Morgan fingerprint density at radius 3 is 2.78 bits per heavy atom. The molecular formula is C18H19ClN4O2S2. The van der Waals surface area contributed by atoms with Crippen molar-refractivity contribution in [2.75, 3.05) is 5.32 Å². The normalized spacial score (nSPS) is 12.3. The van der Waals surface area contributed by atoms with Gasteiger partial charge in [0, 0.05) is 17.6 Å². The highest BCUT2D eigenvalue weighted by molar-refractivity contribution is 8.00. The molecule has 27 heavy (non-hydrogen) atoms. The Morgan fingerprint density at radius 1 is 1.41 bits per heavy atom. The summed E-state index contributed by atoms with van der Waals surface area (Å²) in [6.07, 6.45) is 1.47. The third-order valence-corrected chi connectivity index (χ3v) is 6.61. The van der Waals surface area contributed by atoms with E-state index in [1.54, 1.807) is 23.6 Å². The summed E-state index contributed by atoms with van der Waals surface area (Å²) < 4.78 is 1.62. The lowest BCUT2D eigenvalue weighted by molar-refractivity contribution is -0.115. The Morgan fingerprint density at radius 2 is 2.15 bits per heavy atom. The molecule has 3 rings (SSSR count). The number of thioether (sulfide) groups is 1. The van der Waals surface area contributed by atoms with Crippen LogP contribution in [-0.2, 0) is 11.3 Å². The predicted octanol–water partition coefficient (Wildman–Crippen LogP) is 4.26. The molecule has 1 unspecified atom stereocenters. The number of aryl methyl sites for hydroxylation is 2. The molecule has 0 radical (unpaired) electrons. The van der Waals surface area contributed by atoms with E-state index in [2.05, 4.69) is 15.3 Å². The highest BCUT2D eigenvalue weighted by atomic mass is 35.5. The number of carbonyl (C=O) groups is 1. The first-order valence-electron chi connectivity index (χ1n) is 8.41. The van der Waals surface area contributed by atoms with Crippen LogP contribution in [0.4, 0.5) is 5.82 Å². The molecule has 0 spiro atoms. The molecule has 0 saturated heterocycles. The molecule has 3 aromatic rings. The van der Waals surface area contributed by atoms with E-state index in [1.807, 2.05) is 20.8 Å². The molecule has 1 atom stereocenters. The van der Waals surface area contributed by atoms with Gasteiger partial charge in [0.25, 0.3) is 5.56 Å². The van der Waals surface area contributed by atoms with E-state index >= 15 is 0 Å². The van der Waals surface area contributed by atoms with Gasteiger partial charge in [-0.3, -0.25) is 14.2 Å². The molecular weight excluding hydrogens is 404 g/mol. The van der Waals surface area contributed by atoms with Crippen LogP contribution in [0.15, 0.2) is 28.3 Å². The fraction of sp³-hybridized carbons (Fsp3) is 0.333. The van der Waals surface area contributed by atoms with Crippen LogP contribution in [0.1, 0.15) is 24.3 Å². The number of nitrogens with one attached hydrogen (secondary N) is 1. The zero-order chi connectivity index (χ0) is 19.7. The van der Waals surface area contributed by atoms with E-state index in [4.69, 9.17) is 11.6 Å². The van der Waals surface area contributed by atoms with Crippen LogP contribution in [0.2, 0.25) is 5.02 Å². The molecule has 3 heterocycles. The van der Waals surface area contributed by atoms with E-state index < -0.39 is 5.25 Å². The van der Waals surface area contributed by atoms with Crippen LogP contribution < -0.4 is 10.9 Å². The first-order chi connectivity index (χ1) is 12.8. The summed E-state index contributed by atoms with van der Waals surface area (Å²) in [5.74, 6) is 0.211. The van der Waals surface area contributed by atoms with Crippen molar-refractivity contribution in [3.05, 3.63) is 44.1 Å². The standard InChI is InChI=1S/C18H19ClN4O2S2/c1-5-23-17(25)14-9(2)10(3)26-16(14)22-18(23)27-11(4)15(24)21-13-7-6-12(19)8-20-13/h6-8,11H,5H2,1-4H3,(H,20,21,24).